The molecule has 0 radical (unpaired) electrons. The second-order valence-corrected chi connectivity index (χ2v) is 12.1. The first-order chi connectivity index (χ1) is 22.4. The van der Waals surface area contributed by atoms with Gasteiger partial charge < -0.3 is 30.7 Å². The topological polar surface area (TPSA) is 120 Å². The molecule has 0 saturated carbocycles. The highest BCUT2D eigenvalue weighted by Crippen LogP contribution is 2.29. The van der Waals surface area contributed by atoms with Crippen LogP contribution in [0.15, 0.2) is 77.7 Å². The van der Waals surface area contributed by atoms with E-state index >= 15 is 0 Å². The summed E-state index contributed by atoms with van der Waals surface area (Å²) in [6.07, 6.45) is 7.03. The van der Waals surface area contributed by atoms with Gasteiger partial charge >= 0.3 is 0 Å². The third-order valence-corrected chi connectivity index (χ3v) is 8.90. The van der Waals surface area contributed by atoms with Crippen LogP contribution in [0.2, 0.25) is 0 Å². The number of rotatable bonds is 8. The number of carbonyl (C=O) groups is 2. The molecule has 2 amide bonds. The maximum Gasteiger partial charge on any atom is 0.293 e. The molecular weight excluding hydrogens is 578 g/mol. The highest BCUT2D eigenvalue weighted by atomic mass is 16.2. The van der Waals surface area contributed by atoms with E-state index in [1.54, 1.807) is 13.2 Å². The molecule has 0 spiro atoms. The summed E-state index contributed by atoms with van der Waals surface area (Å²) in [5.74, 6) is 0.0379. The predicted octanol–water partition coefficient (Wildman–Crippen LogP) is 5.68. The van der Waals surface area contributed by atoms with Crippen molar-refractivity contribution in [3.8, 4) is 11.3 Å². The number of carbonyl (C=O) groups excluding carboxylic acids is 2. The fourth-order valence-corrected chi connectivity index (χ4v) is 6.14. The summed E-state index contributed by atoms with van der Waals surface area (Å²) < 4.78 is 1.49. The Labute approximate surface area is 269 Å². The Hall–Kier alpha value is -4.96. The third kappa shape index (κ3) is 7.13. The van der Waals surface area contributed by atoms with Crippen LogP contribution in [-0.4, -0.2) is 47.5 Å². The van der Waals surface area contributed by atoms with Gasteiger partial charge in [0.1, 0.15) is 0 Å². The Bertz CT molecular complexity index is 1750. The van der Waals surface area contributed by atoms with Crippen LogP contribution in [-0.2, 0) is 11.8 Å². The Morgan fingerprint density at radius 3 is 2.28 bits per heavy atom. The number of hydrogen-bond donors (Lipinski definition) is 4. The molecule has 4 aromatic rings. The molecule has 6 rings (SSSR count). The van der Waals surface area contributed by atoms with Crippen molar-refractivity contribution in [3.05, 3.63) is 94.4 Å². The summed E-state index contributed by atoms with van der Waals surface area (Å²) in [6.45, 7) is 5.75. The number of nitrogens with one attached hydrogen (secondary N) is 4. The maximum atomic E-state index is 13.2. The smallest absolute Gasteiger partial charge is 0.293 e. The van der Waals surface area contributed by atoms with Crippen LogP contribution in [0, 0.1) is 12.8 Å². The van der Waals surface area contributed by atoms with Gasteiger partial charge in [-0.3, -0.25) is 14.4 Å². The molecule has 238 valence electrons. The van der Waals surface area contributed by atoms with Crippen LogP contribution in [0.4, 0.5) is 28.6 Å². The van der Waals surface area contributed by atoms with Gasteiger partial charge in [0.05, 0.1) is 5.69 Å². The van der Waals surface area contributed by atoms with Crippen LogP contribution in [0.5, 0.6) is 0 Å². The third-order valence-electron chi connectivity index (χ3n) is 8.90. The van der Waals surface area contributed by atoms with Crippen molar-refractivity contribution >= 4 is 40.4 Å². The van der Waals surface area contributed by atoms with Gasteiger partial charge in [0.2, 0.25) is 5.91 Å². The lowest BCUT2D eigenvalue weighted by Gasteiger charge is -2.28. The lowest BCUT2D eigenvalue weighted by molar-refractivity contribution is -0.120. The van der Waals surface area contributed by atoms with E-state index in [-0.39, 0.29) is 29.1 Å². The highest BCUT2D eigenvalue weighted by Gasteiger charge is 2.21. The van der Waals surface area contributed by atoms with Crippen molar-refractivity contribution in [1.82, 2.24) is 14.9 Å². The molecule has 3 aromatic carbocycles. The van der Waals surface area contributed by atoms with Crippen LogP contribution >= 0.6 is 0 Å². The molecule has 0 atom stereocenters. The fraction of sp³-hybridized carbons (Fsp3) is 0.333. The predicted molar refractivity (Wildman–Crippen MR) is 184 cm³/mol. The molecule has 2 fully saturated rings. The molecule has 0 aliphatic carbocycles. The molecule has 10 nitrogen and oxygen atoms in total. The van der Waals surface area contributed by atoms with Gasteiger partial charge in [-0.25, -0.2) is 4.98 Å². The van der Waals surface area contributed by atoms with Gasteiger partial charge in [-0.15, -0.1) is 0 Å². The molecule has 2 aliphatic heterocycles. The van der Waals surface area contributed by atoms with Gasteiger partial charge in [0.25, 0.3) is 11.5 Å². The molecule has 46 heavy (non-hydrogen) atoms. The molecule has 3 heterocycles. The zero-order chi connectivity index (χ0) is 32.0. The first-order valence-corrected chi connectivity index (χ1v) is 16.1. The summed E-state index contributed by atoms with van der Waals surface area (Å²) in [5.41, 5.74) is 5.75. The number of amides is 2. The molecule has 2 saturated heterocycles. The van der Waals surface area contributed by atoms with Crippen molar-refractivity contribution in [3.63, 3.8) is 0 Å². The summed E-state index contributed by atoms with van der Waals surface area (Å²) in [4.78, 5) is 45.9. The number of nitrogens with zero attached hydrogens (tertiary/aromatic N) is 3. The average molecular weight is 620 g/mol. The van der Waals surface area contributed by atoms with Crippen molar-refractivity contribution in [1.29, 1.82) is 0 Å². The average Bonchev–Trinajstić information content (AvgIpc) is 3.09. The number of anilines is 5. The number of aromatic nitrogens is 2. The maximum absolute atomic E-state index is 13.2. The molecular formula is C36H41N7O3. The van der Waals surface area contributed by atoms with E-state index in [1.165, 1.54) is 23.8 Å². The standard InChI is InChI=1S/C36H41N7O3/c1-24-30(7-6-8-31(24)41-35(45)25-9-15-29(16-10-25)43-21-4-3-5-22-43)32-23-42(2)36(46)33(40-32)38-27-11-13-28(14-12-27)39-34(44)26-17-19-37-20-18-26/h6-16,23,26,37H,3-5,17-22H2,1-2H3,(H,38,40)(H,39,44)(H,41,45). The summed E-state index contributed by atoms with van der Waals surface area (Å²) in [7, 11) is 1.69. The molecule has 0 bridgehead atoms. The second kappa shape index (κ2) is 14.0. The molecule has 2 aliphatic rings. The zero-order valence-corrected chi connectivity index (χ0v) is 26.4. The van der Waals surface area contributed by atoms with Gasteiger partial charge in [0.15, 0.2) is 5.82 Å². The number of benzene rings is 3. The quantitative estimate of drug-likeness (QED) is 0.200. The van der Waals surface area contributed by atoms with Crippen molar-refractivity contribution in [2.75, 3.05) is 47.0 Å². The van der Waals surface area contributed by atoms with E-state index in [0.717, 1.165) is 55.8 Å². The number of piperidine rings is 2. The monoisotopic (exact) mass is 619 g/mol. The van der Waals surface area contributed by atoms with Crippen molar-refractivity contribution in [2.24, 2.45) is 13.0 Å². The van der Waals surface area contributed by atoms with E-state index < -0.39 is 0 Å². The van der Waals surface area contributed by atoms with Crippen LogP contribution in [0.1, 0.15) is 48.0 Å². The summed E-state index contributed by atoms with van der Waals surface area (Å²) in [5, 5.41) is 12.5. The first-order valence-electron chi connectivity index (χ1n) is 16.1. The van der Waals surface area contributed by atoms with Crippen LogP contribution in [0.25, 0.3) is 11.3 Å². The van der Waals surface area contributed by atoms with Crippen molar-refractivity contribution in [2.45, 2.75) is 39.0 Å². The van der Waals surface area contributed by atoms with E-state index in [0.29, 0.717) is 28.3 Å². The lowest BCUT2D eigenvalue weighted by atomic mass is 9.97. The van der Waals surface area contributed by atoms with Gasteiger partial charge in [-0.05, 0) is 112 Å². The molecule has 0 unspecified atom stereocenters. The van der Waals surface area contributed by atoms with E-state index in [1.807, 2.05) is 73.7 Å². The van der Waals surface area contributed by atoms with Gasteiger partial charge in [-0.1, -0.05) is 12.1 Å². The Morgan fingerprint density at radius 2 is 1.57 bits per heavy atom. The van der Waals surface area contributed by atoms with E-state index in [2.05, 4.69) is 31.2 Å². The minimum atomic E-state index is -0.276. The van der Waals surface area contributed by atoms with Crippen LogP contribution < -0.4 is 31.7 Å². The van der Waals surface area contributed by atoms with E-state index in [4.69, 9.17) is 0 Å². The Kier molecular flexibility index (Phi) is 9.44. The fourth-order valence-electron chi connectivity index (χ4n) is 6.14. The minimum absolute atomic E-state index is 0.0140. The van der Waals surface area contributed by atoms with E-state index in [9.17, 15) is 14.4 Å². The number of aryl methyl sites for hydroxylation is 1. The van der Waals surface area contributed by atoms with Gasteiger partial charge in [0, 0.05) is 66.1 Å². The van der Waals surface area contributed by atoms with Gasteiger partial charge in [-0.2, -0.15) is 0 Å². The largest absolute Gasteiger partial charge is 0.372 e. The lowest BCUT2D eigenvalue weighted by Crippen LogP contribution is -2.34. The van der Waals surface area contributed by atoms with Crippen molar-refractivity contribution < 1.29 is 9.59 Å². The highest BCUT2D eigenvalue weighted by molar-refractivity contribution is 6.05. The van der Waals surface area contributed by atoms with Crippen LogP contribution in [0.3, 0.4) is 0 Å². The Balaban J connectivity index is 1.15. The second-order valence-electron chi connectivity index (χ2n) is 12.1. The molecule has 1 aromatic heterocycles. The number of hydrogen-bond acceptors (Lipinski definition) is 7. The normalized spacial score (nSPS) is 15.3. The zero-order valence-electron chi connectivity index (χ0n) is 26.4. The SMILES string of the molecule is Cc1c(NC(=O)c2ccc(N3CCCCC3)cc2)cccc1-c1cn(C)c(=O)c(Nc2ccc(NC(=O)C3CCNCC3)cc2)n1. The minimum Gasteiger partial charge on any atom is -0.372 e. The Morgan fingerprint density at radius 1 is 0.870 bits per heavy atom. The first kappa shape index (κ1) is 31.0. The summed E-state index contributed by atoms with van der Waals surface area (Å²) >= 11 is 0. The molecule has 10 heteroatoms. The molecule has 4 N–H and O–H groups in total. The summed E-state index contributed by atoms with van der Waals surface area (Å²) in [6, 6.07) is 20.7.